The van der Waals surface area contributed by atoms with Crippen molar-refractivity contribution in [3.05, 3.63) is 36.5 Å². The van der Waals surface area contributed by atoms with Gasteiger partial charge in [0.1, 0.15) is 0 Å². The van der Waals surface area contributed by atoms with Crippen LogP contribution in [-0.4, -0.2) is 41.5 Å². The second-order valence-corrected chi connectivity index (χ2v) is 5.71. The van der Waals surface area contributed by atoms with Crippen LogP contribution in [0.25, 0.3) is 11.3 Å². The number of rotatable bonds is 5. The minimum absolute atomic E-state index is 0.376. The van der Waals surface area contributed by atoms with Crippen molar-refractivity contribution in [3.8, 4) is 11.3 Å². The Morgan fingerprint density at radius 3 is 2.86 bits per heavy atom. The topological polar surface area (TPSA) is 51.1 Å². The zero-order valence-electron chi connectivity index (χ0n) is 13.0. The normalized spacial score (nSPS) is 18.1. The number of hydrogen-bond donors (Lipinski definition) is 0. The maximum absolute atomic E-state index is 5.77. The molecule has 0 unspecified atom stereocenters. The van der Waals surface area contributed by atoms with Crippen LogP contribution in [0.15, 0.2) is 36.5 Å². The summed E-state index contributed by atoms with van der Waals surface area (Å²) < 4.78 is 5.77. The van der Waals surface area contributed by atoms with Gasteiger partial charge < -0.3 is 9.64 Å². The second-order valence-electron chi connectivity index (χ2n) is 5.71. The number of nitrogens with zero attached hydrogens (tertiary/aromatic N) is 4. The summed E-state index contributed by atoms with van der Waals surface area (Å²) in [6.45, 7) is 1.78. The van der Waals surface area contributed by atoms with Crippen molar-refractivity contribution >= 4 is 5.95 Å². The minimum Gasteiger partial charge on any atom is -0.378 e. The van der Waals surface area contributed by atoms with Crippen molar-refractivity contribution in [1.82, 2.24) is 15.2 Å². The van der Waals surface area contributed by atoms with Crippen LogP contribution in [0.2, 0.25) is 0 Å². The predicted octanol–water partition coefficient (Wildman–Crippen LogP) is 2.93. The van der Waals surface area contributed by atoms with Crippen LogP contribution in [-0.2, 0) is 4.74 Å². The first-order valence-corrected chi connectivity index (χ1v) is 7.91. The summed E-state index contributed by atoms with van der Waals surface area (Å²) in [6, 6.07) is 10.1. The summed E-state index contributed by atoms with van der Waals surface area (Å²) in [5.41, 5.74) is 1.91. The van der Waals surface area contributed by atoms with Crippen molar-refractivity contribution in [2.75, 3.05) is 25.1 Å². The van der Waals surface area contributed by atoms with E-state index in [2.05, 4.69) is 20.1 Å². The second kappa shape index (κ2) is 7.31. The molecule has 0 bridgehead atoms. The number of hydrogen-bond acceptors (Lipinski definition) is 5. The molecule has 5 nitrogen and oxygen atoms in total. The van der Waals surface area contributed by atoms with Crippen LogP contribution >= 0.6 is 0 Å². The minimum atomic E-state index is 0.376. The van der Waals surface area contributed by atoms with Crippen molar-refractivity contribution < 1.29 is 4.74 Å². The van der Waals surface area contributed by atoms with E-state index in [-0.39, 0.29) is 0 Å². The van der Waals surface area contributed by atoms with E-state index in [1.165, 1.54) is 12.8 Å². The highest BCUT2D eigenvalue weighted by atomic mass is 16.5. The van der Waals surface area contributed by atoms with Gasteiger partial charge in [0.25, 0.3) is 0 Å². The third kappa shape index (κ3) is 3.80. The predicted molar refractivity (Wildman–Crippen MR) is 86.7 cm³/mol. The lowest BCUT2D eigenvalue weighted by molar-refractivity contribution is 0.0126. The van der Waals surface area contributed by atoms with Gasteiger partial charge in [0.15, 0.2) is 0 Å². The monoisotopic (exact) mass is 298 g/mol. The maximum atomic E-state index is 5.77. The van der Waals surface area contributed by atoms with Gasteiger partial charge in [-0.25, -0.2) is 4.98 Å². The van der Waals surface area contributed by atoms with Crippen molar-refractivity contribution in [2.45, 2.75) is 31.8 Å². The molecule has 2 aromatic rings. The van der Waals surface area contributed by atoms with E-state index >= 15 is 0 Å². The van der Waals surface area contributed by atoms with Gasteiger partial charge in [-0.1, -0.05) is 30.3 Å². The van der Waals surface area contributed by atoms with Gasteiger partial charge in [0.05, 0.1) is 18.0 Å². The Bertz CT molecular complexity index is 584. The molecule has 3 rings (SSSR count). The number of ether oxygens (including phenoxy) is 1. The first-order valence-electron chi connectivity index (χ1n) is 7.91. The van der Waals surface area contributed by atoms with E-state index in [9.17, 15) is 0 Å². The quantitative estimate of drug-likeness (QED) is 0.849. The van der Waals surface area contributed by atoms with Crippen LogP contribution in [0, 0.1) is 0 Å². The maximum Gasteiger partial charge on any atom is 0.245 e. The summed E-state index contributed by atoms with van der Waals surface area (Å²) in [5.74, 6) is 0.664. The molecule has 0 spiro atoms. The molecule has 1 saturated heterocycles. The van der Waals surface area contributed by atoms with Crippen LogP contribution in [0.3, 0.4) is 0 Å². The third-order valence-electron chi connectivity index (χ3n) is 4.02. The summed E-state index contributed by atoms with van der Waals surface area (Å²) in [5, 5.41) is 8.24. The highest BCUT2D eigenvalue weighted by Crippen LogP contribution is 2.19. The molecule has 2 heterocycles. The lowest BCUT2D eigenvalue weighted by Crippen LogP contribution is -2.28. The highest BCUT2D eigenvalue weighted by molar-refractivity contribution is 5.58. The van der Waals surface area contributed by atoms with Gasteiger partial charge in [0.2, 0.25) is 5.95 Å². The Balaban J connectivity index is 1.63. The van der Waals surface area contributed by atoms with E-state index in [0.717, 1.165) is 37.3 Å². The molecule has 1 aliphatic rings. The van der Waals surface area contributed by atoms with Crippen molar-refractivity contribution in [3.63, 3.8) is 0 Å². The molecule has 0 N–H and O–H groups in total. The molecule has 1 aromatic heterocycles. The zero-order valence-corrected chi connectivity index (χ0v) is 13.0. The molecule has 5 heteroatoms. The zero-order chi connectivity index (χ0) is 15.2. The Morgan fingerprint density at radius 2 is 2.09 bits per heavy atom. The molecule has 1 fully saturated rings. The molecule has 0 saturated carbocycles. The number of anilines is 1. The fraction of sp³-hybridized carbons (Fsp3) is 0.471. The van der Waals surface area contributed by atoms with Crippen molar-refractivity contribution in [2.24, 2.45) is 0 Å². The molecule has 22 heavy (non-hydrogen) atoms. The molecule has 0 radical (unpaired) electrons. The van der Waals surface area contributed by atoms with Crippen LogP contribution in [0.5, 0.6) is 0 Å². The van der Waals surface area contributed by atoms with Crippen LogP contribution < -0.4 is 4.90 Å². The Hall–Kier alpha value is -2.01. The fourth-order valence-electron chi connectivity index (χ4n) is 2.68. The SMILES string of the molecule is CN(CC[C@@H]1CCCCO1)c1nncc(-c2ccccc2)n1. The lowest BCUT2D eigenvalue weighted by atomic mass is 10.1. The number of aromatic nitrogens is 3. The Labute approximate surface area is 131 Å². The molecular formula is C17H22N4O. The number of benzene rings is 1. The molecular weight excluding hydrogens is 276 g/mol. The van der Waals surface area contributed by atoms with E-state index in [0.29, 0.717) is 12.1 Å². The smallest absolute Gasteiger partial charge is 0.245 e. The summed E-state index contributed by atoms with van der Waals surface area (Å²) in [7, 11) is 2.01. The van der Waals surface area contributed by atoms with E-state index in [4.69, 9.17) is 4.74 Å². The van der Waals surface area contributed by atoms with E-state index in [1.807, 2.05) is 37.4 Å². The van der Waals surface area contributed by atoms with Gasteiger partial charge in [-0.2, -0.15) is 5.10 Å². The van der Waals surface area contributed by atoms with Crippen LogP contribution in [0.1, 0.15) is 25.7 Å². The largest absolute Gasteiger partial charge is 0.378 e. The van der Waals surface area contributed by atoms with Crippen molar-refractivity contribution in [1.29, 1.82) is 0 Å². The highest BCUT2D eigenvalue weighted by Gasteiger charge is 2.15. The standard InChI is InChI=1S/C17H22N4O/c1-21(11-10-15-9-5-6-12-22-15)17-19-16(13-18-20-17)14-7-3-2-4-8-14/h2-4,7-8,13,15H,5-6,9-12H2,1H3/t15-/m0/s1. The van der Waals surface area contributed by atoms with Gasteiger partial charge in [-0.05, 0) is 25.7 Å². The van der Waals surface area contributed by atoms with Crippen LogP contribution in [0.4, 0.5) is 5.95 Å². The van der Waals surface area contributed by atoms with Gasteiger partial charge in [-0.3, -0.25) is 0 Å². The lowest BCUT2D eigenvalue weighted by Gasteiger charge is -2.25. The van der Waals surface area contributed by atoms with Gasteiger partial charge >= 0.3 is 0 Å². The summed E-state index contributed by atoms with van der Waals surface area (Å²) in [4.78, 5) is 6.67. The first-order chi connectivity index (χ1) is 10.8. The third-order valence-corrected chi connectivity index (χ3v) is 4.02. The fourth-order valence-corrected chi connectivity index (χ4v) is 2.68. The first kappa shape index (κ1) is 14.9. The molecule has 1 aliphatic heterocycles. The summed E-state index contributed by atoms with van der Waals surface area (Å²) >= 11 is 0. The van der Waals surface area contributed by atoms with E-state index < -0.39 is 0 Å². The average molecular weight is 298 g/mol. The molecule has 0 aliphatic carbocycles. The summed E-state index contributed by atoms with van der Waals surface area (Å²) in [6.07, 6.45) is 6.72. The Kier molecular flexibility index (Phi) is 4.96. The van der Waals surface area contributed by atoms with Gasteiger partial charge in [0, 0.05) is 25.8 Å². The molecule has 116 valence electrons. The molecule has 0 amide bonds. The molecule has 1 aromatic carbocycles. The average Bonchev–Trinajstić information content (AvgIpc) is 2.61. The van der Waals surface area contributed by atoms with E-state index in [1.54, 1.807) is 6.20 Å². The van der Waals surface area contributed by atoms with Gasteiger partial charge in [-0.15, -0.1) is 5.10 Å². The Morgan fingerprint density at radius 1 is 1.23 bits per heavy atom. The molecule has 1 atom stereocenters.